The van der Waals surface area contributed by atoms with Gasteiger partial charge in [0.15, 0.2) is 0 Å². The summed E-state index contributed by atoms with van der Waals surface area (Å²) in [5.41, 5.74) is 0. The van der Waals surface area contributed by atoms with Gasteiger partial charge in [-0.25, -0.2) is 0 Å². The Hall–Kier alpha value is -0.320. The number of hydrogen-bond acceptors (Lipinski definition) is 3. The highest BCUT2D eigenvalue weighted by Crippen LogP contribution is 2.12. The number of rotatable bonds is 3. The number of likely N-dealkylation sites (tertiary alicyclic amines) is 1. The fourth-order valence-corrected chi connectivity index (χ4v) is 3.01. The third-order valence-electron chi connectivity index (χ3n) is 4.28. The molecule has 0 aromatic carbocycles. The van der Waals surface area contributed by atoms with E-state index in [9.17, 15) is 4.79 Å². The number of likely N-dealkylation sites (N-methyl/N-ethyl adjacent to an activating group) is 1. The van der Waals surface area contributed by atoms with Crippen LogP contribution in [0.2, 0.25) is 0 Å². The van der Waals surface area contributed by atoms with Crippen LogP contribution in [0.1, 0.15) is 38.5 Å². The Bertz CT molecular complexity index is 261. The van der Waals surface area contributed by atoms with E-state index >= 15 is 0 Å². The lowest BCUT2D eigenvalue weighted by Gasteiger charge is -2.32. The van der Waals surface area contributed by atoms with Crippen LogP contribution < -0.4 is 5.32 Å². The van der Waals surface area contributed by atoms with Crippen LogP contribution in [0, 0.1) is 0 Å². The zero-order chi connectivity index (χ0) is 12.8. The second-order valence-electron chi connectivity index (χ2n) is 5.69. The number of amides is 1. The van der Waals surface area contributed by atoms with Crippen LogP contribution in [0.4, 0.5) is 0 Å². The van der Waals surface area contributed by atoms with Gasteiger partial charge in [-0.3, -0.25) is 9.69 Å². The van der Waals surface area contributed by atoms with E-state index in [4.69, 9.17) is 0 Å². The van der Waals surface area contributed by atoms with Crippen molar-refractivity contribution in [2.75, 3.05) is 39.8 Å². The highest BCUT2D eigenvalue weighted by Gasteiger charge is 2.22. The molecule has 2 aliphatic heterocycles. The Morgan fingerprint density at radius 3 is 2.32 bits per heavy atom. The third-order valence-corrected chi connectivity index (χ3v) is 4.28. The van der Waals surface area contributed by atoms with Crippen molar-refractivity contribution in [3.8, 4) is 0 Å². The molecule has 2 fully saturated rings. The number of nitrogens with zero attached hydrogens (tertiary/aromatic N) is 2. The summed E-state index contributed by atoms with van der Waals surface area (Å²) in [7, 11) is 2.10. The fourth-order valence-electron chi connectivity index (χ4n) is 3.01. The first-order chi connectivity index (χ1) is 8.77. The van der Waals surface area contributed by atoms with E-state index in [2.05, 4.69) is 22.2 Å². The molecule has 0 aromatic heterocycles. The van der Waals surface area contributed by atoms with Crippen LogP contribution >= 0.6 is 12.4 Å². The van der Waals surface area contributed by atoms with Crippen molar-refractivity contribution in [2.45, 2.75) is 44.6 Å². The lowest BCUT2D eigenvalue weighted by molar-refractivity contribution is -0.132. The summed E-state index contributed by atoms with van der Waals surface area (Å²) in [6, 6.07) is 0.585. The van der Waals surface area contributed by atoms with Crippen LogP contribution in [-0.4, -0.2) is 61.5 Å². The van der Waals surface area contributed by atoms with Crippen LogP contribution in [0.3, 0.4) is 0 Å². The van der Waals surface area contributed by atoms with E-state index in [1.54, 1.807) is 0 Å². The molecular weight excluding hydrogens is 262 g/mol. The van der Waals surface area contributed by atoms with Gasteiger partial charge < -0.3 is 10.2 Å². The maximum Gasteiger partial charge on any atom is 0.236 e. The molecule has 0 unspecified atom stereocenters. The molecule has 2 heterocycles. The van der Waals surface area contributed by atoms with Gasteiger partial charge in [-0.15, -0.1) is 12.4 Å². The van der Waals surface area contributed by atoms with Crippen molar-refractivity contribution in [1.29, 1.82) is 0 Å². The molecule has 4 nitrogen and oxygen atoms in total. The number of piperidine rings is 1. The summed E-state index contributed by atoms with van der Waals surface area (Å²) < 4.78 is 0. The molecule has 0 spiro atoms. The van der Waals surface area contributed by atoms with Crippen molar-refractivity contribution in [1.82, 2.24) is 15.1 Å². The molecule has 2 aliphatic rings. The Morgan fingerprint density at radius 1 is 1.16 bits per heavy atom. The Kier molecular flexibility index (Phi) is 7.73. The number of halogens is 1. The molecule has 0 atom stereocenters. The topological polar surface area (TPSA) is 35.6 Å². The lowest BCUT2D eigenvalue weighted by Crippen LogP contribution is -2.46. The first kappa shape index (κ1) is 16.7. The molecule has 2 saturated heterocycles. The number of carbonyl (C=O) groups excluding carboxylic acids is 1. The molecule has 0 saturated carbocycles. The number of nitrogens with one attached hydrogen (secondary N) is 1. The summed E-state index contributed by atoms with van der Waals surface area (Å²) in [5, 5.41) is 3.37. The van der Waals surface area contributed by atoms with Crippen molar-refractivity contribution < 1.29 is 4.79 Å². The van der Waals surface area contributed by atoms with E-state index in [1.165, 1.54) is 38.5 Å². The summed E-state index contributed by atoms with van der Waals surface area (Å²) >= 11 is 0. The molecule has 19 heavy (non-hydrogen) atoms. The summed E-state index contributed by atoms with van der Waals surface area (Å²) in [6.45, 7) is 4.72. The Balaban J connectivity index is 0.00000180. The molecule has 2 rings (SSSR count). The zero-order valence-electron chi connectivity index (χ0n) is 12.1. The minimum Gasteiger partial charge on any atom is -0.342 e. The van der Waals surface area contributed by atoms with Gasteiger partial charge in [0.1, 0.15) is 0 Å². The second-order valence-corrected chi connectivity index (χ2v) is 5.69. The first-order valence-corrected chi connectivity index (χ1v) is 7.46. The predicted molar refractivity (Wildman–Crippen MR) is 80.8 cm³/mol. The average molecular weight is 290 g/mol. The third kappa shape index (κ3) is 5.28. The summed E-state index contributed by atoms with van der Waals surface area (Å²) in [6.07, 6.45) is 7.28. The highest BCUT2D eigenvalue weighted by molar-refractivity contribution is 5.85. The minimum absolute atomic E-state index is 0. The van der Waals surface area contributed by atoms with E-state index in [-0.39, 0.29) is 12.4 Å². The average Bonchev–Trinajstić information content (AvgIpc) is 2.68. The molecule has 0 aliphatic carbocycles. The smallest absolute Gasteiger partial charge is 0.236 e. The van der Waals surface area contributed by atoms with Gasteiger partial charge >= 0.3 is 0 Å². The normalized spacial score (nSPS) is 21.9. The van der Waals surface area contributed by atoms with Gasteiger partial charge in [0.2, 0.25) is 5.91 Å². The highest BCUT2D eigenvalue weighted by atomic mass is 35.5. The standard InChI is InChI=1S/C14H27N3O.ClH/c1-16(13-6-8-15-9-7-13)12-14(18)17-10-4-2-3-5-11-17;/h13,15H,2-12H2,1H3;1H. The Morgan fingerprint density at radius 2 is 1.74 bits per heavy atom. The second kappa shape index (κ2) is 8.77. The monoisotopic (exact) mass is 289 g/mol. The van der Waals surface area contributed by atoms with Crippen LogP contribution in [-0.2, 0) is 4.79 Å². The summed E-state index contributed by atoms with van der Waals surface area (Å²) in [4.78, 5) is 16.6. The lowest BCUT2D eigenvalue weighted by atomic mass is 10.1. The van der Waals surface area contributed by atoms with Crippen LogP contribution in [0.5, 0.6) is 0 Å². The zero-order valence-corrected chi connectivity index (χ0v) is 12.9. The molecule has 0 aromatic rings. The predicted octanol–water partition coefficient (Wildman–Crippen LogP) is 1.49. The molecule has 1 N–H and O–H groups in total. The molecular formula is C14H28ClN3O. The molecule has 112 valence electrons. The van der Waals surface area contributed by atoms with E-state index in [1.807, 2.05) is 0 Å². The van der Waals surface area contributed by atoms with Crippen LogP contribution in [0.25, 0.3) is 0 Å². The van der Waals surface area contributed by atoms with E-state index in [0.717, 1.165) is 26.2 Å². The quantitative estimate of drug-likeness (QED) is 0.855. The molecule has 0 radical (unpaired) electrons. The van der Waals surface area contributed by atoms with Crippen LogP contribution in [0.15, 0.2) is 0 Å². The maximum absolute atomic E-state index is 12.3. The minimum atomic E-state index is 0. The number of hydrogen-bond donors (Lipinski definition) is 1. The van der Waals surface area contributed by atoms with Gasteiger partial charge in [0, 0.05) is 19.1 Å². The largest absolute Gasteiger partial charge is 0.342 e. The van der Waals surface area contributed by atoms with Crippen molar-refractivity contribution in [3.63, 3.8) is 0 Å². The van der Waals surface area contributed by atoms with Crippen molar-refractivity contribution in [2.24, 2.45) is 0 Å². The maximum atomic E-state index is 12.3. The summed E-state index contributed by atoms with van der Waals surface area (Å²) in [5.74, 6) is 0.331. The van der Waals surface area contributed by atoms with E-state index < -0.39 is 0 Å². The van der Waals surface area contributed by atoms with Gasteiger partial charge in [-0.1, -0.05) is 12.8 Å². The number of carbonyl (C=O) groups is 1. The van der Waals surface area contributed by atoms with Gasteiger partial charge in [-0.2, -0.15) is 0 Å². The molecule has 1 amide bonds. The first-order valence-electron chi connectivity index (χ1n) is 7.46. The molecule has 0 bridgehead atoms. The van der Waals surface area contributed by atoms with Gasteiger partial charge in [-0.05, 0) is 45.8 Å². The van der Waals surface area contributed by atoms with E-state index in [0.29, 0.717) is 18.5 Å². The van der Waals surface area contributed by atoms with Crippen molar-refractivity contribution >= 4 is 18.3 Å². The SMILES string of the molecule is CN(CC(=O)N1CCCCCC1)C1CCNCC1.Cl. The van der Waals surface area contributed by atoms with Gasteiger partial charge in [0.05, 0.1) is 6.54 Å². The Labute approximate surface area is 123 Å². The van der Waals surface area contributed by atoms with Crippen molar-refractivity contribution in [3.05, 3.63) is 0 Å². The van der Waals surface area contributed by atoms with Gasteiger partial charge in [0.25, 0.3) is 0 Å². The fraction of sp³-hybridized carbons (Fsp3) is 0.929. The molecule has 5 heteroatoms.